The summed E-state index contributed by atoms with van der Waals surface area (Å²) in [5.74, 6) is -0.00458. The zero-order chi connectivity index (χ0) is 19.0. The zero-order valence-corrected chi connectivity index (χ0v) is 16.5. The Morgan fingerprint density at radius 3 is 2.56 bits per heavy atom. The molecule has 1 aromatic heterocycles. The molecule has 3 aromatic rings. The molecule has 1 unspecified atom stereocenters. The molecule has 5 heteroatoms. The summed E-state index contributed by atoms with van der Waals surface area (Å²) in [5, 5.41) is 1.05. The molecule has 0 bridgehead atoms. The fraction of sp³-hybridized carbons (Fsp3) is 0.364. The molecule has 1 atom stereocenters. The first kappa shape index (κ1) is 18.5. The summed E-state index contributed by atoms with van der Waals surface area (Å²) >= 11 is 1.68. The van der Waals surface area contributed by atoms with Gasteiger partial charge in [0.1, 0.15) is 11.6 Å². The van der Waals surface area contributed by atoms with Crippen LogP contribution < -0.4 is 0 Å². The van der Waals surface area contributed by atoms with Crippen LogP contribution in [0.4, 0.5) is 8.78 Å². The highest BCUT2D eigenvalue weighted by Crippen LogP contribution is 2.39. The molecular formula is C22H24F2N2S. The summed E-state index contributed by atoms with van der Waals surface area (Å²) in [5.41, 5.74) is 3.65. The lowest BCUT2D eigenvalue weighted by Crippen LogP contribution is -2.29. The van der Waals surface area contributed by atoms with E-state index in [1.165, 1.54) is 23.4 Å². The topological polar surface area (TPSA) is 8.17 Å². The molecule has 0 amide bonds. The van der Waals surface area contributed by atoms with Gasteiger partial charge >= 0.3 is 0 Å². The molecular weight excluding hydrogens is 362 g/mol. The number of aromatic nitrogens is 1. The second-order valence-electron chi connectivity index (χ2n) is 7.18. The maximum Gasteiger partial charge on any atom is 0.123 e. The van der Waals surface area contributed by atoms with Crippen molar-refractivity contribution in [1.82, 2.24) is 8.87 Å². The van der Waals surface area contributed by atoms with Crippen molar-refractivity contribution in [2.75, 3.05) is 13.1 Å². The lowest BCUT2D eigenvalue weighted by atomic mass is 9.89. The highest BCUT2D eigenvalue weighted by atomic mass is 32.2. The van der Waals surface area contributed by atoms with Gasteiger partial charge in [-0.25, -0.2) is 13.1 Å². The van der Waals surface area contributed by atoms with E-state index in [4.69, 9.17) is 0 Å². The number of nitrogens with zero attached hydrogens (tertiary/aromatic N) is 2. The number of hydrogen-bond donors (Lipinski definition) is 0. The Kier molecular flexibility index (Phi) is 5.24. The van der Waals surface area contributed by atoms with Crippen molar-refractivity contribution in [3.63, 3.8) is 0 Å². The van der Waals surface area contributed by atoms with E-state index in [9.17, 15) is 8.78 Å². The molecule has 0 radical (unpaired) electrons. The first-order valence-corrected chi connectivity index (χ1v) is 10.3. The summed E-state index contributed by atoms with van der Waals surface area (Å²) in [6.45, 7) is 7.11. The van der Waals surface area contributed by atoms with Crippen molar-refractivity contribution in [3.05, 3.63) is 65.4 Å². The van der Waals surface area contributed by atoms with Gasteiger partial charge in [0.05, 0.1) is 0 Å². The Morgan fingerprint density at radius 2 is 1.81 bits per heavy atom. The van der Waals surface area contributed by atoms with E-state index in [0.29, 0.717) is 5.92 Å². The third-order valence-electron chi connectivity index (χ3n) is 5.49. The van der Waals surface area contributed by atoms with Gasteiger partial charge in [0.15, 0.2) is 0 Å². The van der Waals surface area contributed by atoms with E-state index in [-0.39, 0.29) is 11.6 Å². The molecule has 1 aliphatic rings. The van der Waals surface area contributed by atoms with Crippen LogP contribution in [0.3, 0.4) is 0 Å². The average Bonchev–Trinajstić information content (AvgIpc) is 2.94. The van der Waals surface area contributed by atoms with Gasteiger partial charge in [0.25, 0.3) is 0 Å². The summed E-state index contributed by atoms with van der Waals surface area (Å²) in [4.78, 5) is 1.05. The number of hydrogen-bond acceptors (Lipinski definition) is 2. The second kappa shape index (κ2) is 7.64. The van der Waals surface area contributed by atoms with Crippen molar-refractivity contribution in [2.45, 2.75) is 44.0 Å². The van der Waals surface area contributed by atoms with Crippen LogP contribution in [0.5, 0.6) is 0 Å². The molecule has 1 aliphatic heterocycles. The van der Waals surface area contributed by atoms with E-state index in [0.717, 1.165) is 48.3 Å². The van der Waals surface area contributed by atoms with E-state index in [1.54, 1.807) is 24.1 Å². The summed E-state index contributed by atoms with van der Waals surface area (Å²) in [6, 6.07) is 11.8. The Bertz CT molecular complexity index is 949. The number of halogens is 2. The van der Waals surface area contributed by atoms with Crippen LogP contribution in [0, 0.1) is 18.6 Å². The molecule has 1 fully saturated rings. The standard InChI is InChI=1S/C22H24F2N2S/c1-3-26-15(2)22(20-13-18(24)8-11-21(20)26)16-5-4-12-25(14-16)27-19-9-6-17(23)7-10-19/h6-11,13,16H,3-5,12,14H2,1-2H3. The van der Waals surface area contributed by atoms with Gasteiger partial charge in [-0.3, -0.25) is 0 Å². The van der Waals surface area contributed by atoms with Crippen LogP contribution in [0.2, 0.25) is 0 Å². The molecule has 0 spiro atoms. The number of rotatable bonds is 4. The third-order valence-corrected chi connectivity index (χ3v) is 6.56. The van der Waals surface area contributed by atoms with Gasteiger partial charge in [-0.1, -0.05) is 0 Å². The van der Waals surface area contributed by atoms with Crippen LogP contribution in [-0.2, 0) is 6.54 Å². The van der Waals surface area contributed by atoms with Crippen LogP contribution in [0.15, 0.2) is 47.4 Å². The number of fused-ring (bicyclic) bond motifs is 1. The van der Waals surface area contributed by atoms with Gasteiger partial charge in [-0.05, 0) is 92.6 Å². The molecule has 142 valence electrons. The van der Waals surface area contributed by atoms with Gasteiger partial charge in [-0.2, -0.15) is 0 Å². The fourth-order valence-electron chi connectivity index (χ4n) is 4.31. The van der Waals surface area contributed by atoms with E-state index < -0.39 is 0 Å². The maximum absolute atomic E-state index is 14.0. The highest BCUT2D eigenvalue weighted by Gasteiger charge is 2.27. The van der Waals surface area contributed by atoms with Crippen LogP contribution >= 0.6 is 11.9 Å². The summed E-state index contributed by atoms with van der Waals surface area (Å²) in [6.07, 6.45) is 2.22. The molecule has 0 saturated carbocycles. The smallest absolute Gasteiger partial charge is 0.123 e. The molecule has 1 saturated heterocycles. The van der Waals surface area contributed by atoms with E-state index in [2.05, 4.69) is 22.7 Å². The first-order valence-electron chi connectivity index (χ1n) is 9.53. The minimum atomic E-state index is -0.208. The maximum atomic E-state index is 14.0. The molecule has 0 N–H and O–H groups in total. The van der Waals surface area contributed by atoms with Crippen molar-refractivity contribution >= 4 is 22.9 Å². The highest BCUT2D eigenvalue weighted by molar-refractivity contribution is 7.97. The van der Waals surface area contributed by atoms with E-state index in [1.807, 2.05) is 18.2 Å². The fourth-order valence-corrected chi connectivity index (χ4v) is 5.34. The second-order valence-corrected chi connectivity index (χ2v) is 8.35. The molecule has 2 heterocycles. The van der Waals surface area contributed by atoms with Crippen LogP contribution in [-0.4, -0.2) is 22.0 Å². The Morgan fingerprint density at radius 1 is 1.07 bits per heavy atom. The Labute approximate surface area is 163 Å². The summed E-state index contributed by atoms with van der Waals surface area (Å²) in [7, 11) is 0. The van der Waals surface area contributed by atoms with Gasteiger partial charge in [0, 0.05) is 41.1 Å². The predicted octanol–water partition coefficient (Wildman–Crippen LogP) is 6.13. The van der Waals surface area contributed by atoms with Crippen molar-refractivity contribution in [1.29, 1.82) is 0 Å². The molecule has 27 heavy (non-hydrogen) atoms. The predicted molar refractivity (Wildman–Crippen MR) is 108 cm³/mol. The number of aryl methyl sites for hydroxylation is 1. The molecule has 2 aromatic carbocycles. The van der Waals surface area contributed by atoms with Crippen LogP contribution in [0.25, 0.3) is 10.9 Å². The van der Waals surface area contributed by atoms with Crippen molar-refractivity contribution < 1.29 is 8.78 Å². The monoisotopic (exact) mass is 386 g/mol. The van der Waals surface area contributed by atoms with E-state index >= 15 is 0 Å². The number of piperidine rings is 1. The average molecular weight is 387 g/mol. The quantitative estimate of drug-likeness (QED) is 0.498. The zero-order valence-electron chi connectivity index (χ0n) is 15.7. The Balaban J connectivity index is 1.64. The minimum absolute atomic E-state index is 0.176. The van der Waals surface area contributed by atoms with Crippen molar-refractivity contribution in [2.24, 2.45) is 0 Å². The lowest BCUT2D eigenvalue weighted by molar-refractivity contribution is 0.342. The Hall–Kier alpha value is -1.85. The van der Waals surface area contributed by atoms with Gasteiger partial charge in [0.2, 0.25) is 0 Å². The normalized spacial score (nSPS) is 18.3. The third kappa shape index (κ3) is 3.63. The SMILES string of the molecule is CCn1c(C)c(C2CCCN(Sc3ccc(F)cc3)C2)c2cc(F)ccc21. The molecule has 4 rings (SSSR count). The first-order chi connectivity index (χ1) is 13.1. The number of benzene rings is 2. The largest absolute Gasteiger partial charge is 0.345 e. The summed E-state index contributed by atoms with van der Waals surface area (Å²) < 4.78 is 31.8. The van der Waals surface area contributed by atoms with Gasteiger partial charge in [-0.15, -0.1) is 0 Å². The molecule has 0 aliphatic carbocycles. The van der Waals surface area contributed by atoms with Crippen molar-refractivity contribution in [3.8, 4) is 0 Å². The molecule has 2 nitrogen and oxygen atoms in total. The van der Waals surface area contributed by atoms with Crippen LogP contribution in [0.1, 0.15) is 36.9 Å². The van der Waals surface area contributed by atoms with Gasteiger partial charge < -0.3 is 4.57 Å². The lowest BCUT2D eigenvalue weighted by Gasteiger charge is -2.32. The minimum Gasteiger partial charge on any atom is -0.345 e.